The number of aromatic nitrogens is 2. The molecule has 0 spiro atoms. The van der Waals surface area contributed by atoms with Crippen molar-refractivity contribution in [2.45, 2.75) is 25.6 Å². The van der Waals surface area contributed by atoms with Crippen molar-refractivity contribution < 1.29 is 9.53 Å². The normalized spacial score (nSPS) is 25.7. The fourth-order valence-corrected chi connectivity index (χ4v) is 3.91. The second-order valence-corrected chi connectivity index (χ2v) is 6.73. The number of amides is 1. The van der Waals surface area contributed by atoms with Crippen molar-refractivity contribution in [3.63, 3.8) is 0 Å². The lowest BCUT2D eigenvalue weighted by Gasteiger charge is -2.19. The van der Waals surface area contributed by atoms with Crippen LogP contribution in [0.2, 0.25) is 0 Å². The maximum Gasteiger partial charge on any atom is 0.274 e. The number of nitrogens with zero attached hydrogens (tertiary/aromatic N) is 3. The number of carbonyl (C=O) groups excluding carboxylic acids is 1. The average molecular weight is 323 g/mol. The van der Waals surface area contributed by atoms with Crippen molar-refractivity contribution in [3.05, 3.63) is 59.9 Å². The van der Waals surface area contributed by atoms with Gasteiger partial charge in [-0.2, -0.15) is 5.10 Å². The van der Waals surface area contributed by atoms with Crippen LogP contribution in [0, 0.1) is 11.8 Å². The van der Waals surface area contributed by atoms with E-state index in [4.69, 9.17) is 4.74 Å². The van der Waals surface area contributed by atoms with Gasteiger partial charge in [0.15, 0.2) is 5.69 Å². The lowest BCUT2D eigenvalue weighted by Crippen LogP contribution is -2.31. The standard InChI is InChI=1S/C19H21N3O2/c23-19(18-7-4-8-20-21-18)22-11-15-9-17(10-16(15)12-22)24-13-14-5-2-1-3-6-14/h1-8,15-17H,9-13H2/t15-,16+,17?. The molecule has 1 saturated heterocycles. The Kier molecular flexibility index (Phi) is 4.26. The molecule has 2 fully saturated rings. The molecule has 1 aliphatic carbocycles. The molecule has 5 nitrogen and oxygen atoms in total. The largest absolute Gasteiger partial charge is 0.374 e. The van der Waals surface area contributed by atoms with Gasteiger partial charge >= 0.3 is 0 Å². The van der Waals surface area contributed by atoms with Gasteiger partial charge in [0.05, 0.1) is 12.7 Å². The van der Waals surface area contributed by atoms with Gasteiger partial charge in [0, 0.05) is 19.3 Å². The first-order chi connectivity index (χ1) is 11.8. The van der Waals surface area contributed by atoms with Gasteiger partial charge in [0.2, 0.25) is 0 Å². The maximum absolute atomic E-state index is 12.5. The number of rotatable bonds is 4. The molecule has 2 heterocycles. The highest BCUT2D eigenvalue weighted by molar-refractivity contribution is 5.92. The summed E-state index contributed by atoms with van der Waals surface area (Å²) in [7, 11) is 0. The highest BCUT2D eigenvalue weighted by atomic mass is 16.5. The number of hydrogen-bond acceptors (Lipinski definition) is 4. The minimum Gasteiger partial charge on any atom is -0.374 e. The molecule has 4 rings (SSSR count). The van der Waals surface area contributed by atoms with Gasteiger partial charge in [-0.05, 0) is 42.4 Å². The van der Waals surface area contributed by atoms with Crippen LogP contribution in [0.3, 0.4) is 0 Å². The van der Waals surface area contributed by atoms with Crippen LogP contribution in [0.15, 0.2) is 48.7 Å². The van der Waals surface area contributed by atoms with E-state index >= 15 is 0 Å². The number of fused-ring (bicyclic) bond motifs is 1. The quantitative estimate of drug-likeness (QED) is 0.868. The molecule has 1 aromatic carbocycles. The second kappa shape index (κ2) is 6.69. The van der Waals surface area contributed by atoms with E-state index in [9.17, 15) is 4.79 Å². The number of ether oxygens (including phenoxy) is 1. The number of benzene rings is 1. The summed E-state index contributed by atoms with van der Waals surface area (Å²) in [4.78, 5) is 14.4. The molecule has 2 aliphatic rings. The highest BCUT2D eigenvalue weighted by Gasteiger charge is 2.43. The molecule has 1 aliphatic heterocycles. The summed E-state index contributed by atoms with van der Waals surface area (Å²) in [6.45, 7) is 2.30. The molecule has 1 unspecified atom stereocenters. The van der Waals surface area contributed by atoms with Crippen molar-refractivity contribution in [1.82, 2.24) is 15.1 Å². The Morgan fingerprint density at radius 1 is 1.08 bits per heavy atom. The summed E-state index contributed by atoms with van der Waals surface area (Å²) < 4.78 is 6.08. The Morgan fingerprint density at radius 3 is 2.50 bits per heavy atom. The second-order valence-electron chi connectivity index (χ2n) is 6.73. The summed E-state index contributed by atoms with van der Waals surface area (Å²) in [6, 6.07) is 13.8. The van der Waals surface area contributed by atoms with Gasteiger partial charge in [-0.15, -0.1) is 5.10 Å². The minimum atomic E-state index is -0.000691. The smallest absolute Gasteiger partial charge is 0.274 e. The van der Waals surface area contributed by atoms with Crippen LogP contribution >= 0.6 is 0 Å². The lowest BCUT2D eigenvalue weighted by atomic mass is 10.0. The van der Waals surface area contributed by atoms with Gasteiger partial charge in [-0.1, -0.05) is 30.3 Å². The molecule has 3 atom stereocenters. The third-order valence-electron chi connectivity index (χ3n) is 5.11. The third-order valence-corrected chi connectivity index (χ3v) is 5.11. The van der Waals surface area contributed by atoms with Crippen LogP contribution in [0.5, 0.6) is 0 Å². The molecular weight excluding hydrogens is 302 g/mol. The number of carbonyl (C=O) groups is 1. The summed E-state index contributed by atoms with van der Waals surface area (Å²) in [5, 5.41) is 7.73. The molecule has 1 saturated carbocycles. The Balaban J connectivity index is 1.30. The van der Waals surface area contributed by atoms with Gasteiger partial charge in [-0.25, -0.2) is 0 Å². The van der Waals surface area contributed by atoms with E-state index in [-0.39, 0.29) is 5.91 Å². The third kappa shape index (κ3) is 3.17. The zero-order valence-electron chi connectivity index (χ0n) is 13.5. The van der Waals surface area contributed by atoms with Crippen molar-refractivity contribution in [3.8, 4) is 0 Å². The topological polar surface area (TPSA) is 55.3 Å². The molecule has 0 radical (unpaired) electrons. The fourth-order valence-electron chi connectivity index (χ4n) is 3.91. The lowest BCUT2D eigenvalue weighted by molar-refractivity contribution is 0.0367. The van der Waals surface area contributed by atoms with Gasteiger partial charge in [0.1, 0.15) is 0 Å². The van der Waals surface area contributed by atoms with Crippen molar-refractivity contribution >= 4 is 5.91 Å². The van der Waals surface area contributed by atoms with E-state index < -0.39 is 0 Å². The van der Waals surface area contributed by atoms with Crippen molar-refractivity contribution in [2.75, 3.05) is 13.1 Å². The SMILES string of the molecule is O=C(c1cccnn1)N1C[C@H]2CC(OCc3ccccc3)C[C@H]2C1. The van der Waals surface area contributed by atoms with Crippen LogP contribution < -0.4 is 0 Å². The van der Waals surface area contributed by atoms with Crippen LogP contribution in [-0.4, -0.2) is 40.2 Å². The summed E-state index contributed by atoms with van der Waals surface area (Å²) in [5.74, 6) is 1.09. The van der Waals surface area contributed by atoms with E-state index in [0.29, 0.717) is 30.2 Å². The first-order valence-electron chi connectivity index (χ1n) is 8.52. The Labute approximate surface area is 141 Å². The monoisotopic (exact) mass is 323 g/mol. The molecule has 2 aromatic rings. The Morgan fingerprint density at radius 2 is 1.83 bits per heavy atom. The average Bonchev–Trinajstić information content (AvgIpc) is 3.19. The predicted molar refractivity (Wildman–Crippen MR) is 89.2 cm³/mol. The summed E-state index contributed by atoms with van der Waals surface area (Å²) >= 11 is 0. The van der Waals surface area contributed by atoms with E-state index in [2.05, 4.69) is 22.3 Å². The zero-order chi connectivity index (χ0) is 16.4. The van der Waals surface area contributed by atoms with Crippen molar-refractivity contribution in [1.29, 1.82) is 0 Å². The van der Waals surface area contributed by atoms with E-state index in [0.717, 1.165) is 25.9 Å². The van der Waals surface area contributed by atoms with E-state index in [1.165, 1.54) is 5.56 Å². The zero-order valence-corrected chi connectivity index (χ0v) is 13.5. The summed E-state index contributed by atoms with van der Waals surface area (Å²) in [5.41, 5.74) is 1.66. The number of hydrogen-bond donors (Lipinski definition) is 0. The van der Waals surface area contributed by atoms with Crippen LogP contribution in [0.4, 0.5) is 0 Å². The molecule has 1 amide bonds. The van der Waals surface area contributed by atoms with Gasteiger partial charge in [0.25, 0.3) is 5.91 Å². The molecule has 24 heavy (non-hydrogen) atoms. The van der Waals surface area contributed by atoms with Crippen molar-refractivity contribution in [2.24, 2.45) is 11.8 Å². The van der Waals surface area contributed by atoms with Crippen LogP contribution in [0.1, 0.15) is 28.9 Å². The fraction of sp³-hybridized carbons (Fsp3) is 0.421. The van der Waals surface area contributed by atoms with E-state index in [1.807, 2.05) is 23.1 Å². The molecule has 0 bridgehead atoms. The molecule has 124 valence electrons. The number of likely N-dealkylation sites (tertiary alicyclic amines) is 1. The predicted octanol–water partition coefficient (Wildman–Crippen LogP) is 2.54. The first kappa shape index (κ1) is 15.3. The molecule has 5 heteroatoms. The summed E-state index contributed by atoms with van der Waals surface area (Å²) in [6.07, 6.45) is 3.99. The van der Waals surface area contributed by atoms with E-state index in [1.54, 1.807) is 18.3 Å². The molecule has 1 aromatic heterocycles. The highest BCUT2D eigenvalue weighted by Crippen LogP contribution is 2.40. The van der Waals surface area contributed by atoms with Crippen LogP contribution in [-0.2, 0) is 11.3 Å². The molecular formula is C19H21N3O2. The van der Waals surface area contributed by atoms with Gasteiger partial charge < -0.3 is 9.64 Å². The Hall–Kier alpha value is -2.27. The van der Waals surface area contributed by atoms with Crippen LogP contribution in [0.25, 0.3) is 0 Å². The minimum absolute atomic E-state index is 0.000691. The Bertz CT molecular complexity index is 678. The molecule has 0 N–H and O–H groups in total. The maximum atomic E-state index is 12.5. The van der Waals surface area contributed by atoms with Gasteiger partial charge in [-0.3, -0.25) is 4.79 Å². The first-order valence-corrected chi connectivity index (χ1v) is 8.52.